The van der Waals surface area contributed by atoms with Crippen LogP contribution in [0.1, 0.15) is 5.56 Å². The highest BCUT2D eigenvalue weighted by Gasteiger charge is 2.30. The second-order valence-electron chi connectivity index (χ2n) is 5.09. The van der Waals surface area contributed by atoms with Gasteiger partial charge in [-0.2, -0.15) is 13.2 Å². The molecule has 1 aromatic heterocycles. The number of nitrogens with two attached hydrogens (primary N) is 1. The molecule has 1 heterocycles. The van der Waals surface area contributed by atoms with Gasteiger partial charge in [0.2, 0.25) is 5.95 Å². The van der Waals surface area contributed by atoms with Gasteiger partial charge in [0, 0.05) is 23.1 Å². The summed E-state index contributed by atoms with van der Waals surface area (Å²) in [6, 6.07) is 13.7. The van der Waals surface area contributed by atoms with Crippen molar-refractivity contribution in [2.24, 2.45) is 0 Å². The van der Waals surface area contributed by atoms with E-state index < -0.39 is 11.7 Å². The fourth-order valence-corrected chi connectivity index (χ4v) is 2.18. The summed E-state index contributed by atoms with van der Waals surface area (Å²) in [4.78, 5) is 8.35. The molecule has 0 amide bonds. The smallest absolute Gasteiger partial charge is 0.399 e. The summed E-state index contributed by atoms with van der Waals surface area (Å²) in [7, 11) is 0. The van der Waals surface area contributed by atoms with Crippen molar-refractivity contribution in [1.29, 1.82) is 0 Å². The number of halogens is 3. The first-order valence-corrected chi connectivity index (χ1v) is 7.05. The van der Waals surface area contributed by atoms with E-state index in [0.717, 1.165) is 17.7 Å². The minimum Gasteiger partial charge on any atom is -0.399 e. The Morgan fingerprint density at radius 2 is 1.75 bits per heavy atom. The van der Waals surface area contributed by atoms with Crippen LogP contribution in [-0.4, -0.2) is 9.97 Å². The maximum atomic E-state index is 12.8. The Morgan fingerprint density at radius 3 is 2.50 bits per heavy atom. The lowest BCUT2D eigenvalue weighted by atomic mass is 10.1. The highest BCUT2D eigenvalue weighted by Crippen LogP contribution is 2.31. The average Bonchev–Trinajstić information content (AvgIpc) is 2.55. The van der Waals surface area contributed by atoms with Crippen LogP contribution in [0.3, 0.4) is 0 Å². The Labute approximate surface area is 136 Å². The van der Waals surface area contributed by atoms with Gasteiger partial charge in [-0.3, -0.25) is 0 Å². The topological polar surface area (TPSA) is 63.8 Å². The molecule has 0 aliphatic rings. The zero-order chi connectivity index (χ0) is 17.2. The normalized spacial score (nSPS) is 11.3. The van der Waals surface area contributed by atoms with Crippen molar-refractivity contribution in [3.05, 3.63) is 66.4 Å². The molecule has 3 aromatic rings. The Balaban J connectivity index is 1.88. The van der Waals surface area contributed by atoms with Crippen LogP contribution >= 0.6 is 0 Å². The molecule has 0 saturated carbocycles. The third kappa shape index (κ3) is 3.62. The van der Waals surface area contributed by atoms with Crippen molar-refractivity contribution < 1.29 is 13.2 Å². The summed E-state index contributed by atoms with van der Waals surface area (Å²) in [5.74, 6) is 0.203. The molecule has 2 aromatic carbocycles. The number of hydrogen-bond acceptors (Lipinski definition) is 4. The molecule has 0 radical (unpaired) electrons. The monoisotopic (exact) mass is 330 g/mol. The van der Waals surface area contributed by atoms with E-state index in [9.17, 15) is 13.2 Å². The van der Waals surface area contributed by atoms with Crippen LogP contribution in [0.25, 0.3) is 11.3 Å². The van der Waals surface area contributed by atoms with Crippen molar-refractivity contribution in [2.75, 3.05) is 11.1 Å². The van der Waals surface area contributed by atoms with Gasteiger partial charge in [-0.25, -0.2) is 9.97 Å². The van der Waals surface area contributed by atoms with Crippen LogP contribution in [0.15, 0.2) is 60.8 Å². The molecular weight excluding hydrogens is 317 g/mol. The minimum absolute atomic E-state index is 0.203. The summed E-state index contributed by atoms with van der Waals surface area (Å²) >= 11 is 0. The van der Waals surface area contributed by atoms with E-state index in [1.165, 1.54) is 18.3 Å². The SMILES string of the molecule is Nc1cccc(-c2ccnc(Nc3cccc(C(F)(F)F)c3)n2)c1. The van der Waals surface area contributed by atoms with Gasteiger partial charge in [-0.15, -0.1) is 0 Å². The highest BCUT2D eigenvalue weighted by molar-refractivity contribution is 5.65. The molecule has 122 valence electrons. The number of hydrogen-bond donors (Lipinski definition) is 2. The third-order valence-electron chi connectivity index (χ3n) is 3.28. The predicted octanol–water partition coefficient (Wildman–Crippen LogP) is 4.49. The lowest BCUT2D eigenvalue weighted by Gasteiger charge is -2.10. The van der Waals surface area contributed by atoms with Crippen LogP contribution in [-0.2, 0) is 6.18 Å². The van der Waals surface area contributed by atoms with Crippen molar-refractivity contribution in [3.8, 4) is 11.3 Å². The van der Waals surface area contributed by atoms with E-state index in [1.807, 2.05) is 6.07 Å². The number of nitrogens with zero attached hydrogens (tertiary/aromatic N) is 2. The van der Waals surface area contributed by atoms with Gasteiger partial charge in [-0.1, -0.05) is 18.2 Å². The van der Waals surface area contributed by atoms with E-state index in [-0.39, 0.29) is 11.6 Å². The number of rotatable bonds is 3. The molecule has 0 fully saturated rings. The number of benzene rings is 2. The Bertz CT molecular complexity index is 862. The van der Waals surface area contributed by atoms with Gasteiger partial charge in [0.1, 0.15) is 0 Å². The zero-order valence-electron chi connectivity index (χ0n) is 12.4. The fraction of sp³-hybridized carbons (Fsp3) is 0.0588. The minimum atomic E-state index is -4.40. The van der Waals surface area contributed by atoms with E-state index >= 15 is 0 Å². The van der Waals surface area contributed by atoms with E-state index in [2.05, 4.69) is 15.3 Å². The summed E-state index contributed by atoms with van der Waals surface area (Å²) in [5, 5.41) is 2.79. The second kappa shape index (κ2) is 6.19. The first-order chi connectivity index (χ1) is 11.4. The predicted molar refractivity (Wildman–Crippen MR) is 86.6 cm³/mol. The van der Waals surface area contributed by atoms with Gasteiger partial charge in [0.25, 0.3) is 0 Å². The zero-order valence-corrected chi connectivity index (χ0v) is 12.4. The number of nitrogen functional groups attached to an aromatic ring is 1. The van der Waals surface area contributed by atoms with Crippen LogP contribution < -0.4 is 11.1 Å². The van der Waals surface area contributed by atoms with E-state index in [1.54, 1.807) is 24.3 Å². The molecule has 0 aliphatic heterocycles. The summed E-state index contributed by atoms with van der Waals surface area (Å²) in [5.41, 5.74) is 7.28. The summed E-state index contributed by atoms with van der Waals surface area (Å²) in [6.07, 6.45) is -2.87. The quantitative estimate of drug-likeness (QED) is 0.695. The van der Waals surface area contributed by atoms with E-state index in [0.29, 0.717) is 11.4 Å². The van der Waals surface area contributed by atoms with Gasteiger partial charge >= 0.3 is 6.18 Å². The van der Waals surface area contributed by atoms with Gasteiger partial charge in [0.15, 0.2) is 0 Å². The Hall–Kier alpha value is -3.09. The molecule has 0 atom stereocenters. The molecule has 0 saturated heterocycles. The second-order valence-corrected chi connectivity index (χ2v) is 5.09. The van der Waals surface area contributed by atoms with Crippen molar-refractivity contribution in [3.63, 3.8) is 0 Å². The van der Waals surface area contributed by atoms with Crippen LogP contribution in [0.4, 0.5) is 30.5 Å². The number of alkyl halides is 3. The molecule has 0 spiro atoms. The molecule has 0 unspecified atom stereocenters. The lowest BCUT2D eigenvalue weighted by molar-refractivity contribution is -0.137. The summed E-state index contributed by atoms with van der Waals surface area (Å²) < 4.78 is 38.3. The van der Waals surface area contributed by atoms with Crippen molar-refractivity contribution in [2.45, 2.75) is 6.18 Å². The lowest BCUT2D eigenvalue weighted by Crippen LogP contribution is -2.05. The molecule has 7 heteroatoms. The van der Waals surface area contributed by atoms with Gasteiger partial charge < -0.3 is 11.1 Å². The first-order valence-electron chi connectivity index (χ1n) is 7.05. The largest absolute Gasteiger partial charge is 0.416 e. The standard InChI is InChI=1S/C17H13F3N4/c18-17(19,20)12-4-2-6-14(10-12)23-16-22-8-7-15(24-16)11-3-1-5-13(21)9-11/h1-10H,21H2,(H,22,23,24). The third-order valence-corrected chi connectivity index (χ3v) is 3.28. The van der Waals surface area contributed by atoms with E-state index in [4.69, 9.17) is 5.73 Å². The van der Waals surface area contributed by atoms with Crippen LogP contribution in [0.5, 0.6) is 0 Å². The maximum absolute atomic E-state index is 12.8. The molecule has 0 bridgehead atoms. The molecule has 3 rings (SSSR count). The number of nitrogens with one attached hydrogen (secondary N) is 1. The molecule has 0 aliphatic carbocycles. The van der Waals surface area contributed by atoms with Crippen LogP contribution in [0, 0.1) is 0 Å². The van der Waals surface area contributed by atoms with Gasteiger partial charge in [0.05, 0.1) is 11.3 Å². The molecule has 4 nitrogen and oxygen atoms in total. The maximum Gasteiger partial charge on any atom is 0.416 e. The molecule has 24 heavy (non-hydrogen) atoms. The Morgan fingerprint density at radius 1 is 0.958 bits per heavy atom. The molecular formula is C17H13F3N4. The Kier molecular flexibility index (Phi) is 4.07. The van der Waals surface area contributed by atoms with Gasteiger partial charge in [-0.05, 0) is 36.4 Å². The highest BCUT2D eigenvalue weighted by atomic mass is 19.4. The average molecular weight is 330 g/mol. The summed E-state index contributed by atoms with van der Waals surface area (Å²) in [6.45, 7) is 0. The first kappa shape index (κ1) is 15.8. The van der Waals surface area contributed by atoms with Crippen LogP contribution in [0.2, 0.25) is 0 Å². The van der Waals surface area contributed by atoms with Crippen molar-refractivity contribution >= 4 is 17.3 Å². The van der Waals surface area contributed by atoms with Crippen molar-refractivity contribution in [1.82, 2.24) is 9.97 Å². The fourth-order valence-electron chi connectivity index (χ4n) is 2.18. The number of aromatic nitrogens is 2. The molecule has 3 N–H and O–H groups in total. The number of anilines is 3.